The first kappa shape index (κ1) is 53.7. The summed E-state index contributed by atoms with van der Waals surface area (Å²) in [5, 5.41) is 0. The van der Waals surface area contributed by atoms with Gasteiger partial charge >= 0.3 is 5.97 Å². The fraction of sp³-hybridized carbons (Fsp3) is 0.848. The van der Waals surface area contributed by atoms with E-state index in [-0.39, 0.29) is 25.8 Å². The number of quaternary nitrogens is 1. The summed E-state index contributed by atoms with van der Waals surface area (Å²) < 4.78 is 34.5. The van der Waals surface area contributed by atoms with E-state index in [4.69, 9.17) is 18.5 Å². The van der Waals surface area contributed by atoms with E-state index < -0.39 is 13.9 Å². The number of carbonyl (C=O) groups excluding carboxylic acids is 1. The van der Waals surface area contributed by atoms with Crippen molar-refractivity contribution < 1.29 is 37.3 Å². The van der Waals surface area contributed by atoms with E-state index in [0.29, 0.717) is 24.1 Å². The van der Waals surface area contributed by atoms with Crippen molar-refractivity contribution in [3.63, 3.8) is 0 Å². The Kier molecular flexibility index (Phi) is 38.6. The molecule has 0 aliphatic rings. The van der Waals surface area contributed by atoms with Gasteiger partial charge in [0, 0.05) is 13.0 Å². The maximum atomic E-state index is 12.6. The van der Waals surface area contributed by atoms with Crippen LogP contribution < -0.4 is 4.89 Å². The fourth-order valence-corrected chi connectivity index (χ4v) is 6.87. The van der Waals surface area contributed by atoms with Gasteiger partial charge < -0.3 is 27.9 Å². The second-order valence-electron chi connectivity index (χ2n) is 16.4. The Morgan fingerprint density at radius 2 is 1.00 bits per heavy atom. The van der Waals surface area contributed by atoms with E-state index in [1.54, 1.807) is 0 Å². The van der Waals surface area contributed by atoms with Gasteiger partial charge in [-0.1, -0.05) is 172 Å². The van der Waals surface area contributed by atoms with Crippen molar-refractivity contribution in [1.29, 1.82) is 0 Å². The summed E-state index contributed by atoms with van der Waals surface area (Å²) in [6.07, 6.45) is 46.0. The Labute approximate surface area is 340 Å². The minimum Gasteiger partial charge on any atom is -0.756 e. The quantitative estimate of drug-likeness (QED) is 0.0200. The van der Waals surface area contributed by atoms with Crippen LogP contribution in [0.25, 0.3) is 0 Å². The lowest BCUT2D eigenvalue weighted by molar-refractivity contribution is -0.870. The van der Waals surface area contributed by atoms with E-state index in [2.05, 4.69) is 50.3 Å². The molecule has 0 aliphatic carbocycles. The van der Waals surface area contributed by atoms with Crippen LogP contribution >= 0.6 is 7.82 Å². The number of esters is 1. The minimum atomic E-state index is -4.52. The molecule has 0 heterocycles. The normalized spacial score (nSPS) is 14.1. The SMILES string of the molecule is CCCCCCC/C=C\C/C=C\C/C=C\CCCCCCCCCCCOCC(COP(=O)([O-])OCC[N+](C)(C)C)OC(=O)CCCCCCCCCCC. The number of allylic oxidation sites excluding steroid dienone is 6. The van der Waals surface area contributed by atoms with Crippen molar-refractivity contribution in [3.8, 4) is 0 Å². The molecule has 0 saturated carbocycles. The van der Waals surface area contributed by atoms with Gasteiger partial charge in [0.25, 0.3) is 7.82 Å². The molecule has 9 heteroatoms. The largest absolute Gasteiger partial charge is 0.756 e. The van der Waals surface area contributed by atoms with Crippen LogP contribution in [0.2, 0.25) is 0 Å². The van der Waals surface area contributed by atoms with Gasteiger partial charge in [-0.3, -0.25) is 9.36 Å². The molecule has 0 aliphatic heterocycles. The molecule has 8 nitrogen and oxygen atoms in total. The first-order chi connectivity index (χ1) is 26.6. The Balaban J connectivity index is 4.08. The van der Waals surface area contributed by atoms with Gasteiger partial charge in [0.1, 0.15) is 19.3 Å². The highest BCUT2D eigenvalue weighted by atomic mass is 31.2. The van der Waals surface area contributed by atoms with Crippen LogP contribution in [0.1, 0.15) is 194 Å². The van der Waals surface area contributed by atoms with Crippen LogP contribution in [0.4, 0.5) is 0 Å². The molecule has 0 rings (SSSR count). The molecule has 0 spiro atoms. The van der Waals surface area contributed by atoms with Crippen LogP contribution in [-0.2, 0) is 27.9 Å². The zero-order valence-corrected chi connectivity index (χ0v) is 37.5. The number of phosphoric acid groups is 1. The maximum Gasteiger partial charge on any atom is 0.306 e. The van der Waals surface area contributed by atoms with Crippen LogP contribution in [-0.4, -0.2) is 70.7 Å². The summed E-state index contributed by atoms with van der Waals surface area (Å²) in [6.45, 7) is 5.37. The Hall–Kier alpha value is -1.28. The molecular weight excluding hydrogens is 709 g/mol. The van der Waals surface area contributed by atoms with Gasteiger partial charge in [0.2, 0.25) is 0 Å². The van der Waals surface area contributed by atoms with Crippen molar-refractivity contribution in [2.45, 2.75) is 200 Å². The Morgan fingerprint density at radius 1 is 0.564 bits per heavy atom. The van der Waals surface area contributed by atoms with Crippen molar-refractivity contribution in [2.75, 3.05) is 54.1 Å². The average Bonchev–Trinajstić information content (AvgIpc) is 3.13. The molecule has 0 N–H and O–H groups in total. The van der Waals surface area contributed by atoms with Gasteiger partial charge in [0.05, 0.1) is 34.4 Å². The number of likely N-dealkylation sites (N-methyl/N-ethyl adjacent to an activating group) is 1. The van der Waals surface area contributed by atoms with Crippen molar-refractivity contribution >= 4 is 13.8 Å². The molecule has 2 atom stereocenters. The van der Waals surface area contributed by atoms with Gasteiger partial charge in [-0.25, -0.2) is 0 Å². The van der Waals surface area contributed by atoms with E-state index in [0.717, 1.165) is 44.9 Å². The van der Waals surface area contributed by atoms with Crippen molar-refractivity contribution in [1.82, 2.24) is 0 Å². The van der Waals surface area contributed by atoms with E-state index in [1.165, 1.54) is 128 Å². The molecule has 0 saturated heterocycles. The lowest BCUT2D eigenvalue weighted by atomic mass is 10.1. The molecule has 0 aromatic heterocycles. The predicted octanol–water partition coefficient (Wildman–Crippen LogP) is 12.8. The molecule has 0 amide bonds. The topological polar surface area (TPSA) is 94.1 Å². The van der Waals surface area contributed by atoms with E-state index in [1.807, 2.05) is 21.1 Å². The van der Waals surface area contributed by atoms with Gasteiger partial charge in [-0.2, -0.15) is 0 Å². The van der Waals surface area contributed by atoms with E-state index in [9.17, 15) is 14.3 Å². The molecule has 0 aromatic rings. The van der Waals surface area contributed by atoms with Crippen LogP contribution in [0, 0.1) is 0 Å². The lowest BCUT2D eigenvalue weighted by Crippen LogP contribution is -2.37. The van der Waals surface area contributed by atoms with Gasteiger partial charge in [0.15, 0.2) is 0 Å². The number of nitrogens with zero attached hydrogens (tertiary/aromatic N) is 1. The number of carbonyl (C=O) groups is 1. The Bertz CT molecular complexity index is 978. The van der Waals surface area contributed by atoms with Crippen LogP contribution in [0.15, 0.2) is 36.5 Å². The first-order valence-corrected chi connectivity index (χ1v) is 24.2. The lowest BCUT2D eigenvalue weighted by Gasteiger charge is -2.28. The predicted molar refractivity (Wildman–Crippen MR) is 231 cm³/mol. The third-order valence-electron chi connectivity index (χ3n) is 9.69. The zero-order chi connectivity index (χ0) is 40.6. The molecule has 55 heavy (non-hydrogen) atoms. The molecule has 0 aromatic carbocycles. The highest BCUT2D eigenvalue weighted by Crippen LogP contribution is 2.38. The second-order valence-corrected chi connectivity index (χ2v) is 17.8. The smallest absolute Gasteiger partial charge is 0.306 e. The van der Waals surface area contributed by atoms with Crippen LogP contribution in [0.5, 0.6) is 0 Å². The number of unbranched alkanes of at least 4 members (excludes halogenated alkanes) is 22. The maximum absolute atomic E-state index is 12.6. The second kappa shape index (κ2) is 39.5. The number of phosphoric ester groups is 1. The van der Waals surface area contributed by atoms with Crippen LogP contribution in [0.3, 0.4) is 0 Å². The average molecular weight is 798 g/mol. The summed E-state index contributed by atoms with van der Waals surface area (Å²) in [5.74, 6) is -0.339. The summed E-state index contributed by atoms with van der Waals surface area (Å²) >= 11 is 0. The monoisotopic (exact) mass is 798 g/mol. The number of hydrogen-bond acceptors (Lipinski definition) is 7. The van der Waals surface area contributed by atoms with E-state index >= 15 is 0 Å². The summed E-state index contributed by atoms with van der Waals surface area (Å²) in [5.41, 5.74) is 0. The molecule has 324 valence electrons. The molecule has 0 radical (unpaired) electrons. The summed E-state index contributed by atoms with van der Waals surface area (Å²) in [6, 6.07) is 0. The number of ether oxygens (including phenoxy) is 2. The Morgan fingerprint density at radius 3 is 1.49 bits per heavy atom. The summed E-state index contributed by atoms with van der Waals surface area (Å²) in [7, 11) is 1.35. The third kappa shape index (κ3) is 43.7. The van der Waals surface area contributed by atoms with Crippen molar-refractivity contribution in [2.24, 2.45) is 0 Å². The fourth-order valence-electron chi connectivity index (χ4n) is 6.14. The molecule has 0 fully saturated rings. The molecule has 0 bridgehead atoms. The highest BCUT2D eigenvalue weighted by Gasteiger charge is 2.20. The number of hydrogen-bond donors (Lipinski definition) is 0. The highest BCUT2D eigenvalue weighted by molar-refractivity contribution is 7.45. The molecular formula is C46H88NO7P. The van der Waals surface area contributed by atoms with Crippen molar-refractivity contribution in [3.05, 3.63) is 36.5 Å². The van der Waals surface area contributed by atoms with Gasteiger partial charge in [-0.15, -0.1) is 0 Å². The first-order valence-electron chi connectivity index (χ1n) is 22.7. The summed E-state index contributed by atoms with van der Waals surface area (Å²) in [4.78, 5) is 24.9. The van der Waals surface area contributed by atoms with Gasteiger partial charge in [-0.05, 0) is 51.4 Å². The molecule has 2 unspecified atom stereocenters. The number of rotatable bonds is 42. The minimum absolute atomic E-state index is 0.0255. The third-order valence-corrected chi connectivity index (χ3v) is 10.7. The zero-order valence-electron chi connectivity index (χ0n) is 36.6. The standard InChI is InChI=1S/C46H88NO7P/c1-6-8-10-12-14-16-17-18-19-20-21-22-23-24-25-26-27-28-29-30-32-34-36-38-41-51-43-45(44-53-55(49,50)52-42-40-47(3,4)5)54-46(48)39-37-35-33-31-15-13-11-9-7-2/h17-18,20-21,23-24,45H,6-16,19,22,25-44H2,1-5H3/b18-17-,21-20-,24-23-.